The zero-order chi connectivity index (χ0) is 14.9. The SMILES string of the molecule is Cc1noc(C2(F)CCCN(Cc3cccc(Cl)c3)C2)n1. The molecule has 1 aliphatic rings. The van der Waals surface area contributed by atoms with Gasteiger partial charge in [0.05, 0.1) is 0 Å². The van der Waals surface area contributed by atoms with Crippen LogP contribution < -0.4 is 0 Å². The summed E-state index contributed by atoms with van der Waals surface area (Å²) in [5, 5.41) is 4.39. The molecule has 21 heavy (non-hydrogen) atoms. The van der Waals surface area contributed by atoms with Crippen molar-refractivity contribution in [2.24, 2.45) is 0 Å². The van der Waals surface area contributed by atoms with E-state index in [1.54, 1.807) is 6.92 Å². The first kappa shape index (κ1) is 14.5. The van der Waals surface area contributed by atoms with E-state index in [0.717, 1.165) is 18.5 Å². The lowest BCUT2D eigenvalue weighted by Crippen LogP contribution is -2.43. The normalized spacial score (nSPS) is 23.4. The molecule has 1 saturated heterocycles. The van der Waals surface area contributed by atoms with Gasteiger partial charge in [0.15, 0.2) is 5.82 Å². The van der Waals surface area contributed by atoms with Gasteiger partial charge in [-0.1, -0.05) is 28.9 Å². The maximum Gasteiger partial charge on any atom is 0.265 e. The largest absolute Gasteiger partial charge is 0.336 e. The van der Waals surface area contributed by atoms with Crippen LogP contribution in [0.4, 0.5) is 4.39 Å². The summed E-state index contributed by atoms with van der Waals surface area (Å²) in [6, 6.07) is 7.65. The summed E-state index contributed by atoms with van der Waals surface area (Å²) < 4.78 is 20.1. The number of aromatic nitrogens is 2. The number of halogens is 2. The van der Waals surface area contributed by atoms with E-state index in [0.29, 0.717) is 23.8 Å². The molecule has 0 amide bonds. The van der Waals surface area contributed by atoms with Crippen LogP contribution in [0.2, 0.25) is 5.02 Å². The van der Waals surface area contributed by atoms with Crippen molar-refractivity contribution in [1.29, 1.82) is 0 Å². The molecule has 6 heteroatoms. The molecule has 0 aliphatic carbocycles. The lowest BCUT2D eigenvalue weighted by atomic mass is 9.94. The van der Waals surface area contributed by atoms with Gasteiger partial charge in [-0.2, -0.15) is 4.98 Å². The minimum atomic E-state index is -1.56. The smallest absolute Gasteiger partial charge is 0.265 e. The average Bonchev–Trinajstić information content (AvgIpc) is 2.86. The van der Waals surface area contributed by atoms with Crippen LogP contribution in [0.1, 0.15) is 30.1 Å². The Balaban J connectivity index is 1.73. The van der Waals surface area contributed by atoms with Crippen LogP contribution in [0.3, 0.4) is 0 Å². The van der Waals surface area contributed by atoms with Gasteiger partial charge in [0, 0.05) is 18.1 Å². The Morgan fingerprint density at radius 3 is 3.05 bits per heavy atom. The third kappa shape index (κ3) is 3.24. The predicted molar refractivity (Wildman–Crippen MR) is 77.8 cm³/mol. The molecule has 0 radical (unpaired) electrons. The molecule has 0 N–H and O–H groups in total. The molecule has 1 aliphatic heterocycles. The van der Waals surface area contributed by atoms with E-state index in [2.05, 4.69) is 15.0 Å². The third-order valence-electron chi connectivity index (χ3n) is 3.73. The number of alkyl halides is 1. The van der Waals surface area contributed by atoms with Crippen molar-refractivity contribution in [3.8, 4) is 0 Å². The van der Waals surface area contributed by atoms with Crippen LogP contribution in [0.25, 0.3) is 0 Å². The molecule has 3 rings (SSSR count). The van der Waals surface area contributed by atoms with Crippen molar-refractivity contribution < 1.29 is 8.91 Å². The molecular formula is C15H17ClFN3O. The second-order valence-corrected chi connectivity index (χ2v) is 5.99. The number of aryl methyl sites for hydroxylation is 1. The molecule has 1 fully saturated rings. The fraction of sp³-hybridized carbons (Fsp3) is 0.467. The summed E-state index contributed by atoms with van der Waals surface area (Å²) in [6.45, 7) is 3.48. The van der Waals surface area contributed by atoms with Gasteiger partial charge in [-0.3, -0.25) is 4.90 Å². The maximum atomic E-state index is 15.1. The Bertz CT molecular complexity index is 633. The Kier molecular flexibility index (Phi) is 3.95. The van der Waals surface area contributed by atoms with Gasteiger partial charge in [-0.15, -0.1) is 0 Å². The quantitative estimate of drug-likeness (QED) is 0.870. The molecular weight excluding hydrogens is 293 g/mol. The summed E-state index contributed by atoms with van der Waals surface area (Å²) in [4.78, 5) is 6.13. The molecule has 1 atom stereocenters. The number of nitrogens with zero attached hydrogens (tertiary/aromatic N) is 3. The van der Waals surface area contributed by atoms with Gasteiger partial charge in [-0.05, 0) is 44.0 Å². The minimum Gasteiger partial charge on any atom is -0.336 e. The van der Waals surface area contributed by atoms with E-state index < -0.39 is 5.67 Å². The fourth-order valence-corrected chi connectivity index (χ4v) is 2.99. The number of rotatable bonds is 3. The van der Waals surface area contributed by atoms with E-state index in [4.69, 9.17) is 16.1 Å². The molecule has 2 aromatic rings. The highest BCUT2D eigenvalue weighted by molar-refractivity contribution is 6.30. The van der Waals surface area contributed by atoms with Gasteiger partial charge in [-0.25, -0.2) is 4.39 Å². The van der Waals surface area contributed by atoms with E-state index in [9.17, 15) is 0 Å². The number of likely N-dealkylation sites (tertiary alicyclic amines) is 1. The zero-order valence-corrected chi connectivity index (χ0v) is 12.6. The van der Waals surface area contributed by atoms with Gasteiger partial charge in [0.2, 0.25) is 5.67 Å². The maximum absolute atomic E-state index is 15.1. The fourth-order valence-electron chi connectivity index (χ4n) is 2.78. The number of piperidine rings is 1. The monoisotopic (exact) mass is 309 g/mol. The lowest BCUT2D eigenvalue weighted by molar-refractivity contribution is 0.0124. The van der Waals surface area contributed by atoms with E-state index >= 15 is 4.39 Å². The Morgan fingerprint density at radius 2 is 2.33 bits per heavy atom. The molecule has 0 spiro atoms. The van der Waals surface area contributed by atoms with Gasteiger partial charge in [0.1, 0.15) is 0 Å². The van der Waals surface area contributed by atoms with Crippen molar-refractivity contribution in [2.75, 3.05) is 13.1 Å². The Morgan fingerprint density at radius 1 is 1.48 bits per heavy atom. The van der Waals surface area contributed by atoms with Crippen molar-refractivity contribution >= 4 is 11.6 Å². The number of hydrogen-bond donors (Lipinski definition) is 0. The topological polar surface area (TPSA) is 42.2 Å². The summed E-state index contributed by atoms with van der Waals surface area (Å²) in [5.41, 5.74) is -0.480. The zero-order valence-electron chi connectivity index (χ0n) is 11.9. The van der Waals surface area contributed by atoms with Gasteiger partial charge < -0.3 is 4.52 Å². The first-order valence-corrected chi connectivity index (χ1v) is 7.39. The highest BCUT2D eigenvalue weighted by Crippen LogP contribution is 2.35. The number of hydrogen-bond acceptors (Lipinski definition) is 4. The van der Waals surface area contributed by atoms with Crippen LogP contribution >= 0.6 is 11.6 Å². The second kappa shape index (κ2) is 5.73. The van der Waals surface area contributed by atoms with Crippen LogP contribution in [-0.4, -0.2) is 28.1 Å². The van der Waals surface area contributed by atoms with Crippen LogP contribution in [0.5, 0.6) is 0 Å². The van der Waals surface area contributed by atoms with E-state index in [1.165, 1.54) is 0 Å². The predicted octanol–water partition coefficient (Wildman–Crippen LogP) is 3.49. The summed E-state index contributed by atoms with van der Waals surface area (Å²) >= 11 is 5.99. The molecule has 1 aromatic heterocycles. The molecule has 4 nitrogen and oxygen atoms in total. The van der Waals surface area contributed by atoms with E-state index in [1.807, 2.05) is 24.3 Å². The van der Waals surface area contributed by atoms with Gasteiger partial charge in [0.25, 0.3) is 5.89 Å². The lowest BCUT2D eigenvalue weighted by Gasteiger charge is -2.35. The van der Waals surface area contributed by atoms with Crippen LogP contribution in [0.15, 0.2) is 28.8 Å². The minimum absolute atomic E-state index is 0.0933. The summed E-state index contributed by atoms with van der Waals surface area (Å²) in [7, 11) is 0. The molecule has 2 heterocycles. The summed E-state index contributed by atoms with van der Waals surface area (Å²) in [6.07, 6.45) is 1.18. The first-order chi connectivity index (χ1) is 10.0. The summed E-state index contributed by atoms with van der Waals surface area (Å²) in [5.74, 6) is 0.560. The van der Waals surface area contributed by atoms with Gasteiger partial charge >= 0.3 is 0 Å². The van der Waals surface area contributed by atoms with Crippen LogP contribution in [-0.2, 0) is 12.2 Å². The van der Waals surface area contributed by atoms with Crippen molar-refractivity contribution in [1.82, 2.24) is 15.0 Å². The number of benzene rings is 1. The standard InChI is InChI=1S/C15H17ClFN3O/c1-11-18-14(21-19-11)15(17)6-3-7-20(10-15)9-12-4-2-5-13(16)8-12/h2,4-5,8H,3,6-7,9-10H2,1H3. The molecule has 0 saturated carbocycles. The third-order valence-corrected chi connectivity index (χ3v) is 3.96. The molecule has 112 valence electrons. The van der Waals surface area contributed by atoms with Crippen molar-refractivity contribution in [2.45, 2.75) is 32.0 Å². The average molecular weight is 310 g/mol. The highest BCUT2D eigenvalue weighted by atomic mass is 35.5. The molecule has 1 aromatic carbocycles. The van der Waals surface area contributed by atoms with E-state index in [-0.39, 0.29) is 12.4 Å². The second-order valence-electron chi connectivity index (χ2n) is 5.56. The molecule has 1 unspecified atom stereocenters. The molecule has 0 bridgehead atoms. The first-order valence-electron chi connectivity index (χ1n) is 7.02. The van der Waals surface area contributed by atoms with Crippen LogP contribution in [0, 0.1) is 6.92 Å². The van der Waals surface area contributed by atoms with Crippen molar-refractivity contribution in [3.05, 3.63) is 46.6 Å². The Labute approximate surface area is 127 Å². The highest BCUT2D eigenvalue weighted by Gasteiger charge is 2.42. The van der Waals surface area contributed by atoms with Crippen molar-refractivity contribution in [3.63, 3.8) is 0 Å². The Hall–Kier alpha value is -1.46.